The van der Waals surface area contributed by atoms with Crippen molar-refractivity contribution < 1.29 is 9.53 Å². The molecule has 1 N–H and O–H groups in total. The van der Waals surface area contributed by atoms with Gasteiger partial charge in [0.1, 0.15) is 18.0 Å². The first-order valence-electron chi connectivity index (χ1n) is 7.87. The van der Waals surface area contributed by atoms with Crippen molar-refractivity contribution in [3.63, 3.8) is 0 Å². The number of carbonyl (C=O) groups is 1. The number of hydrogen-bond donors (Lipinski definition) is 1. The summed E-state index contributed by atoms with van der Waals surface area (Å²) in [5.74, 6) is 1.45. The van der Waals surface area contributed by atoms with E-state index >= 15 is 0 Å². The first-order valence-corrected chi connectivity index (χ1v) is 7.87. The molecule has 7 nitrogen and oxygen atoms in total. The van der Waals surface area contributed by atoms with Crippen LogP contribution in [0, 0.1) is 0 Å². The number of hydrogen-bond acceptors (Lipinski definition) is 6. The standard InChI is InChI=1S/C17H21N5O2/c1-21(2)16-11-15(18-12-19-16)20-14-6-4-3-5-13(14)17(23)22-7-9-24-10-8-22/h3-6,11-12H,7-10H2,1-2H3,(H,18,19,20). The van der Waals surface area contributed by atoms with E-state index in [0.717, 1.165) is 11.5 Å². The molecule has 0 radical (unpaired) electrons. The average molecular weight is 327 g/mol. The number of ether oxygens (including phenoxy) is 1. The number of nitrogens with one attached hydrogen (secondary N) is 1. The van der Waals surface area contributed by atoms with Gasteiger partial charge in [0.25, 0.3) is 5.91 Å². The topological polar surface area (TPSA) is 70.6 Å². The van der Waals surface area contributed by atoms with Gasteiger partial charge in [-0.3, -0.25) is 4.79 Å². The van der Waals surface area contributed by atoms with Gasteiger partial charge in [0, 0.05) is 33.3 Å². The summed E-state index contributed by atoms with van der Waals surface area (Å²) in [5.41, 5.74) is 1.36. The number of benzene rings is 1. The third kappa shape index (κ3) is 3.62. The fourth-order valence-electron chi connectivity index (χ4n) is 2.51. The molecule has 1 amide bonds. The monoisotopic (exact) mass is 327 g/mol. The minimum absolute atomic E-state index is 0.00305. The van der Waals surface area contributed by atoms with Crippen molar-refractivity contribution in [1.29, 1.82) is 0 Å². The van der Waals surface area contributed by atoms with Crippen LogP contribution in [0.5, 0.6) is 0 Å². The molecular formula is C17H21N5O2. The van der Waals surface area contributed by atoms with E-state index in [1.54, 1.807) is 0 Å². The molecule has 2 heterocycles. The van der Waals surface area contributed by atoms with Crippen LogP contribution in [-0.4, -0.2) is 61.2 Å². The van der Waals surface area contributed by atoms with Crippen molar-refractivity contribution in [2.75, 3.05) is 50.6 Å². The van der Waals surface area contributed by atoms with E-state index in [2.05, 4.69) is 15.3 Å². The highest BCUT2D eigenvalue weighted by Crippen LogP contribution is 2.22. The Bertz CT molecular complexity index is 714. The Morgan fingerprint density at radius 1 is 1.21 bits per heavy atom. The molecule has 0 bridgehead atoms. The lowest BCUT2D eigenvalue weighted by atomic mass is 10.1. The molecule has 0 saturated carbocycles. The Kier molecular flexibility index (Phi) is 4.90. The second-order valence-electron chi connectivity index (χ2n) is 5.73. The molecule has 1 saturated heterocycles. The Morgan fingerprint density at radius 3 is 2.71 bits per heavy atom. The second kappa shape index (κ2) is 7.27. The van der Waals surface area contributed by atoms with Gasteiger partial charge in [-0.05, 0) is 12.1 Å². The van der Waals surface area contributed by atoms with Gasteiger partial charge in [0.15, 0.2) is 0 Å². The number of nitrogens with zero attached hydrogens (tertiary/aromatic N) is 4. The van der Waals surface area contributed by atoms with Crippen LogP contribution in [0.15, 0.2) is 36.7 Å². The number of morpholine rings is 1. The van der Waals surface area contributed by atoms with Gasteiger partial charge in [-0.25, -0.2) is 9.97 Å². The predicted octanol–water partition coefficient (Wildman–Crippen LogP) is 1.76. The van der Waals surface area contributed by atoms with Crippen LogP contribution in [0.4, 0.5) is 17.3 Å². The molecule has 2 aromatic rings. The average Bonchev–Trinajstić information content (AvgIpc) is 2.62. The van der Waals surface area contributed by atoms with E-state index in [9.17, 15) is 4.79 Å². The maximum absolute atomic E-state index is 12.8. The van der Waals surface area contributed by atoms with Gasteiger partial charge in [0.2, 0.25) is 0 Å². The minimum atomic E-state index is 0.00305. The van der Waals surface area contributed by atoms with Crippen molar-refractivity contribution in [1.82, 2.24) is 14.9 Å². The third-order valence-corrected chi connectivity index (χ3v) is 3.83. The van der Waals surface area contributed by atoms with Crippen molar-refractivity contribution in [3.8, 4) is 0 Å². The van der Waals surface area contributed by atoms with Gasteiger partial charge in [-0.2, -0.15) is 0 Å². The van der Waals surface area contributed by atoms with Crippen molar-refractivity contribution in [2.45, 2.75) is 0 Å². The molecular weight excluding hydrogens is 306 g/mol. The fraction of sp³-hybridized carbons (Fsp3) is 0.353. The highest BCUT2D eigenvalue weighted by molar-refractivity contribution is 6.00. The number of rotatable bonds is 4. The highest BCUT2D eigenvalue weighted by atomic mass is 16.5. The summed E-state index contributed by atoms with van der Waals surface area (Å²) < 4.78 is 5.32. The molecule has 1 aliphatic rings. The molecule has 24 heavy (non-hydrogen) atoms. The Balaban J connectivity index is 1.84. The van der Waals surface area contributed by atoms with E-state index < -0.39 is 0 Å². The van der Waals surface area contributed by atoms with Crippen LogP contribution in [-0.2, 0) is 4.74 Å². The molecule has 126 valence electrons. The lowest BCUT2D eigenvalue weighted by molar-refractivity contribution is 0.0303. The maximum Gasteiger partial charge on any atom is 0.256 e. The van der Waals surface area contributed by atoms with Crippen LogP contribution < -0.4 is 10.2 Å². The SMILES string of the molecule is CN(C)c1cc(Nc2ccccc2C(=O)N2CCOCC2)ncn1. The van der Waals surface area contributed by atoms with Gasteiger partial charge in [0.05, 0.1) is 24.5 Å². The smallest absolute Gasteiger partial charge is 0.256 e. The summed E-state index contributed by atoms with van der Waals surface area (Å²) in [4.78, 5) is 24.9. The minimum Gasteiger partial charge on any atom is -0.378 e. The largest absolute Gasteiger partial charge is 0.378 e. The highest BCUT2D eigenvalue weighted by Gasteiger charge is 2.21. The van der Waals surface area contributed by atoms with E-state index in [1.165, 1.54) is 6.33 Å². The van der Waals surface area contributed by atoms with Gasteiger partial charge >= 0.3 is 0 Å². The predicted molar refractivity (Wildman–Crippen MR) is 92.8 cm³/mol. The number of para-hydroxylation sites is 1. The summed E-state index contributed by atoms with van der Waals surface area (Å²) in [6.45, 7) is 2.40. The van der Waals surface area contributed by atoms with Crippen LogP contribution in [0.3, 0.4) is 0 Å². The summed E-state index contributed by atoms with van der Waals surface area (Å²) in [7, 11) is 3.84. The lowest BCUT2D eigenvalue weighted by Gasteiger charge is -2.27. The number of amides is 1. The first-order chi connectivity index (χ1) is 11.6. The lowest BCUT2D eigenvalue weighted by Crippen LogP contribution is -2.40. The zero-order valence-electron chi connectivity index (χ0n) is 13.9. The van der Waals surface area contributed by atoms with Crippen molar-refractivity contribution >= 4 is 23.2 Å². The zero-order chi connectivity index (χ0) is 16.9. The number of aromatic nitrogens is 2. The third-order valence-electron chi connectivity index (χ3n) is 3.83. The molecule has 7 heteroatoms. The van der Waals surface area contributed by atoms with Crippen molar-refractivity contribution in [2.24, 2.45) is 0 Å². The summed E-state index contributed by atoms with van der Waals surface area (Å²) in [6, 6.07) is 9.31. The molecule has 0 spiro atoms. The fourth-order valence-corrected chi connectivity index (χ4v) is 2.51. The second-order valence-corrected chi connectivity index (χ2v) is 5.73. The normalized spacial score (nSPS) is 14.3. The molecule has 0 atom stereocenters. The summed E-state index contributed by atoms with van der Waals surface area (Å²) in [5, 5.41) is 3.23. The molecule has 3 rings (SSSR count). The molecule has 0 unspecified atom stereocenters. The van der Waals surface area contributed by atoms with E-state index in [0.29, 0.717) is 37.7 Å². The Labute approximate surface area is 141 Å². The molecule has 1 aromatic heterocycles. The number of anilines is 3. The molecule has 1 aromatic carbocycles. The Morgan fingerprint density at radius 2 is 1.96 bits per heavy atom. The van der Waals surface area contributed by atoms with Crippen LogP contribution in [0.1, 0.15) is 10.4 Å². The maximum atomic E-state index is 12.8. The molecule has 1 aliphatic heterocycles. The van der Waals surface area contributed by atoms with E-state index in [1.807, 2.05) is 54.2 Å². The van der Waals surface area contributed by atoms with Gasteiger partial charge < -0.3 is 19.9 Å². The van der Waals surface area contributed by atoms with E-state index in [4.69, 9.17) is 4.74 Å². The van der Waals surface area contributed by atoms with Crippen LogP contribution >= 0.6 is 0 Å². The Hall–Kier alpha value is -2.67. The van der Waals surface area contributed by atoms with Crippen molar-refractivity contribution in [3.05, 3.63) is 42.2 Å². The van der Waals surface area contributed by atoms with Crippen LogP contribution in [0.2, 0.25) is 0 Å². The summed E-state index contributed by atoms with van der Waals surface area (Å²) in [6.07, 6.45) is 1.50. The summed E-state index contributed by atoms with van der Waals surface area (Å²) >= 11 is 0. The number of carbonyl (C=O) groups excluding carboxylic acids is 1. The molecule has 1 fully saturated rings. The van der Waals surface area contributed by atoms with Gasteiger partial charge in [-0.1, -0.05) is 12.1 Å². The van der Waals surface area contributed by atoms with Crippen LogP contribution in [0.25, 0.3) is 0 Å². The quantitative estimate of drug-likeness (QED) is 0.923. The van der Waals surface area contributed by atoms with Gasteiger partial charge in [-0.15, -0.1) is 0 Å². The first kappa shape index (κ1) is 16.2. The molecule has 0 aliphatic carbocycles. The zero-order valence-corrected chi connectivity index (χ0v) is 13.9. The van der Waals surface area contributed by atoms with E-state index in [-0.39, 0.29) is 5.91 Å².